The first-order valence-electron chi connectivity index (χ1n) is 4.51. The summed E-state index contributed by atoms with van der Waals surface area (Å²) in [6, 6.07) is 0. The van der Waals surface area contributed by atoms with E-state index in [4.69, 9.17) is 0 Å². The molecule has 0 amide bonds. The first-order chi connectivity index (χ1) is 5.20. The Morgan fingerprint density at radius 3 is 2.55 bits per heavy atom. The number of rotatable bonds is 2. The van der Waals surface area contributed by atoms with Crippen LogP contribution in [0.4, 0.5) is 0 Å². The second kappa shape index (κ2) is 3.75. The van der Waals surface area contributed by atoms with Crippen molar-refractivity contribution in [2.24, 2.45) is 0 Å². The SMILES string of the molecule is CC(C)=C(C)CC1=CCCC1. The molecule has 0 N–H and O–H groups in total. The van der Waals surface area contributed by atoms with E-state index in [1.54, 1.807) is 11.1 Å². The lowest BCUT2D eigenvalue weighted by molar-refractivity contribution is 0.881. The average molecular weight is 150 g/mol. The molecule has 0 fully saturated rings. The Morgan fingerprint density at radius 1 is 1.36 bits per heavy atom. The fraction of sp³-hybridized carbons (Fsp3) is 0.636. The van der Waals surface area contributed by atoms with Gasteiger partial charge in [-0.2, -0.15) is 0 Å². The zero-order valence-corrected chi connectivity index (χ0v) is 7.91. The topological polar surface area (TPSA) is 0 Å². The van der Waals surface area contributed by atoms with Crippen molar-refractivity contribution >= 4 is 0 Å². The molecule has 0 saturated carbocycles. The molecule has 0 saturated heterocycles. The summed E-state index contributed by atoms with van der Waals surface area (Å²) in [6.07, 6.45) is 7.66. The lowest BCUT2D eigenvalue weighted by Gasteiger charge is -2.03. The molecule has 0 heteroatoms. The van der Waals surface area contributed by atoms with Crippen LogP contribution in [-0.4, -0.2) is 0 Å². The van der Waals surface area contributed by atoms with Crippen molar-refractivity contribution in [1.29, 1.82) is 0 Å². The minimum atomic E-state index is 1.22. The van der Waals surface area contributed by atoms with Crippen molar-refractivity contribution in [2.75, 3.05) is 0 Å². The molecule has 1 rings (SSSR count). The summed E-state index contributed by atoms with van der Waals surface area (Å²) in [4.78, 5) is 0. The van der Waals surface area contributed by atoms with Crippen molar-refractivity contribution in [2.45, 2.75) is 46.5 Å². The van der Waals surface area contributed by atoms with Crippen molar-refractivity contribution in [3.63, 3.8) is 0 Å². The third-order valence-electron chi connectivity index (χ3n) is 2.48. The summed E-state index contributed by atoms with van der Waals surface area (Å²) in [5.74, 6) is 0. The van der Waals surface area contributed by atoms with Gasteiger partial charge in [0.15, 0.2) is 0 Å². The fourth-order valence-corrected chi connectivity index (χ4v) is 1.42. The van der Waals surface area contributed by atoms with Crippen molar-refractivity contribution < 1.29 is 0 Å². The third-order valence-corrected chi connectivity index (χ3v) is 2.48. The van der Waals surface area contributed by atoms with E-state index >= 15 is 0 Å². The molecule has 0 aromatic rings. The van der Waals surface area contributed by atoms with Gasteiger partial charge in [-0.15, -0.1) is 0 Å². The Hall–Kier alpha value is -0.520. The highest BCUT2D eigenvalue weighted by atomic mass is 14.1. The highest BCUT2D eigenvalue weighted by Gasteiger charge is 2.04. The van der Waals surface area contributed by atoms with Crippen LogP contribution in [0.3, 0.4) is 0 Å². The maximum Gasteiger partial charge on any atom is -0.0109 e. The van der Waals surface area contributed by atoms with Crippen LogP contribution in [0.5, 0.6) is 0 Å². The van der Waals surface area contributed by atoms with Crippen LogP contribution < -0.4 is 0 Å². The molecule has 0 bridgehead atoms. The van der Waals surface area contributed by atoms with Crippen LogP contribution in [-0.2, 0) is 0 Å². The summed E-state index contributed by atoms with van der Waals surface area (Å²) in [7, 11) is 0. The maximum absolute atomic E-state index is 2.41. The van der Waals surface area contributed by atoms with Gasteiger partial charge < -0.3 is 0 Å². The average Bonchev–Trinajstić information content (AvgIpc) is 2.39. The minimum absolute atomic E-state index is 1.22. The van der Waals surface area contributed by atoms with E-state index in [1.807, 2.05) is 0 Å². The lowest BCUT2D eigenvalue weighted by Crippen LogP contribution is -1.83. The second-order valence-corrected chi connectivity index (χ2v) is 3.71. The third kappa shape index (κ3) is 2.53. The number of hydrogen-bond donors (Lipinski definition) is 0. The molecule has 0 unspecified atom stereocenters. The Balaban J connectivity index is 2.48. The van der Waals surface area contributed by atoms with Gasteiger partial charge in [0.05, 0.1) is 0 Å². The predicted molar refractivity (Wildman–Crippen MR) is 50.6 cm³/mol. The van der Waals surface area contributed by atoms with E-state index in [1.165, 1.54) is 31.3 Å². The number of allylic oxidation sites excluding steroid dienone is 4. The van der Waals surface area contributed by atoms with Gasteiger partial charge in [-0.1, -0.05) is 22.8 Å². The molecule has 11 heavy (non-hydrogen) atoms. The van der Waals surface area contributed by atoms with Gasteiger partial charge in [-0.3, -0.25) is 0 Å². The summed E-state index contributed by atoms with van der Waals surface area (Å²) in [6.45, 7) is 6.64. The van der Waals surface area contributed by atoms with E-state index in [2.05, 4.69) is 26.8 Å². The highest BCUT2D eigenvalue weighted by molar-refractivity contribution is 5.19. The van der Waals surface area contributed by atoms with Gasteiger partial charge in [0.25, 0.3) is 0 Å². The van der Waals surface area contributed by atoms with Crippen LogP contribution in [0.15, 0.2) is 22.8 Å². The Kier molecular flexibility index (Phi) is 2.92. The lowest BCUT2D eigenvalue weighted by atomic mass is 10.0. The van der Waals surface area contributed by atoms with Gasteiger partial charge in [0.2, 0.25) is 0 Å². The largest absolute Gasteiger partial charge is 0.0850 e. The Labute approximate surface area is 70.0 Å². The van der Waals surface area contributed by atoms with E-state index in [9.17, 15) is 0 Å². The number of hydrogen-bond acceptors (Lipinski definition) is 0. The minimum Gasteiger partial charge on any atom is -0.0850 e. The van der Waals surface area contributed by atoms with E-state index in [0.717, 1.165) is 0 Å². The molecule has 0 aromatic carbocycles. The molecule has 1 aliphatic carbocycles. The van der Waals surface area contributed by atoms with Gasteiger partial charge in [0, 0.05) is 0 Å². The Morgan fingerprint density at radius 2 is 2.09 bits per heavy atom. The quantitative estimate of drug-likeness (QED) is 0.524. The molecule has 0 radical (unpaired) electrons. The van der Waals surface area contributed by atoms with Crippen molar-refractivity contribution in [3.8, 4) is 0 Å². The molecule has 1 aliphatic rings. The maximum atomic E-state index is 2.41. The molecule has 0 aromatic heterocycles. The van der Waals surface area contributed by atoms with Crippen LogP contribution in [0.25, 0.3) is 0 Å². The van der Waals surface area contributed by atoms with E-state index in [-0.39, 0.29) is 0 Å². The molecule has 0 aliphatic heterocycles. The standard InChI is InChI=1S/C11H18/c1-9(2)10(3)8-11-6-4-5-7-11/h6H,4-5,7-8H2,1-3H3. The monoisotopic (exact) mass is 150 g/mol. The summed E-state index contributed by atoms with van der Waals surface area (Å²) in [5, 5.41) is 0. The molecule has 0 heterocycles. The predicted octanol–water partition coefficient (Wildman–Crippen LogP) is 3.84. The van der Waals surface area contributed by atoms with Gasteiger partial charge >= 0.3 is 0 Å². The molecule has 0 atom stereocenters. The molecular weight excluding hydrogens is 132 g/mol. The van der Waals surface area contributed by atoms with Gasteiger partial charge in [-0.05, 0) is 46.5 Å². The van der Waals surface area contributed by atoms with Gasteiger partial charge in [-0.25, -0.2) is 0 Å². The smallest absolute Gasteiger partial charge is 0.0109 e. The summed E-state index contributed by atoms with van der Waals surface area (Å²) < 4.78 is 0. The summed E-state index contributed by atoms with van der Waals surface area (Å²) in [5.41, 5.74) is 4.69. The normalized spacial score (nSPS) is 16.5. The zero-order valence-electron chi connectivity index (χ0n) is 7.91. The van der Waals surface area contributed by atoms with Crippen LogP contribution in [0.1, 0.15) is 46.5 Å². The fourth-order valence-electron chi connectivity index (χ4n) is 1.42. The van der Waals surface area contributed by atoms with Crippen LogP contribution in [0.2, 0.25) is 0 Å². The molecular formula is C11H18. The Bertz CT molecular complexity index is 190. The van der Waals surface area contributed by atoms with Crippen molar-refractivity contribution in [1.82, 2.24) is 0 Å². The molecule has 62 valence electrons. The molecule has 0 nitrogen and oxygen atoms in total. The van der Waals surface area contributed by atoms with Gasteiger partial charge in [0.1, 0.15) is 0 Å². The zero-order chi connectivity index (χ0) is 8.27. The molecule has 0 spiro atoms. The first kappa shape index (κ1) is 8.58. The van der Waals surface area contributed by atoms with Crippen LogP contribution >= 0.6 is 0 Å². The van der Waals surface area contributed by atoms with E-state index in [0.29, 0.717) is 0 Å². The second-order valence-electron chi connectivity index (χ2n) is 3.71. The van der Waals surface area contributed by atoms with Crippen LogP contribution in [0, 0.1) is 0 Å². The summed E-state index contributed by atoms with van der Waals surface area (Å²) >= 11 is 0. The van der Waals surface area contributed by atoms with E-state index < -0.39 is 0 Å². The first-order valence-corrected chi connectivity index (χ1v) is 4.51. The highest BCUT2D eigenvalue weighted by Crippen LogP contribution is 2.24. The van der Waals surface area contributed by atoms with Crippen molar-refractivity contribution in [3.05, 3.63) is 22.8 Å².